The van der Waals surface area contributed by atoms with Crippen LogP contribution < -0.4 is 30.1 Å². The van der Waals surface area contributed by atoms with Gasteiger partial charge < -0.3 is 57.2 Å². The van der Waals surface area contributed by atoms with Crippen molar-refractivity contribution in [1.82, 2.24) is 59.8 Å². The van der Waals surface area contributed by atoms with Crippen LogP contribution in [0.5, 0.6) is 23.1 Å². The van der Waals surface area contributed by atoms with Crippen LogP contribution in [0.3, 0.4) is 0 Å². The summed E-state index contributed by atoms with van der Waals surface area (Å²) in [6.07, 6.45) is 26.8. The summed E-state index contributed by atoms with van der Waals surface area (Å²) in [6, 6.07) is 23.9. The lowest BCUT2D eigenvalue weighted by Gasteiger charge is -2.31. The van der Waals surface area contributed by atoms with Gasteiger partial charge in [0.25, 0.3) is 0 Å². The van der Waals surface area contributed by atoms with E-state index >= 15 is 0 Å². The van der Waals surface area contributed by atoms with E-state index in [-0.39, 0.29) is 35.9 Å². The molecule has 9 heterocycles. The van der Waals surface area contributed by atoms with Crippen LogP contribution in [0, 0.1) is 35.5 Å². The Morgan fingerprint density at radius 3 is 1.02 bits per heavy atom. The smallest absolute Gasteiger partial charge is 0.247 e. The number of pyridine rings is 3. The van der Waals surface area contributed by atoms with Crippen molar-refractivity contribution >= 4 is 57.7 Å². The van der Waals surface area contributed by atoms with Crippen LogP contribution in [-0.4, -0.2) is 168 Å². The second kappa shape index (κ2) is 38.0. The first-order chi connectivity index (χ1) is 50.2. The van der Waals surface area contributed by atoms with Crippen molar-refractivity contribution in [2.75, 3.05) is 108 Å². The van der Waals surface area contributed by atoms with E-state index in [4.69, 9.17) is 32.5 Å². The Labute approximate surface area is 631 Å². The number of aromatic amines is 2. The minimum Gasteiger partial charge on any atom is -0.493 e. The number of H-pyrrole nitrogens is 2. The van der Waals surface area contributed by atoms with E-state index in [0.29, 0.717) is 17.7 Å². The van der Waals surface area contributed by atoms with Crippen LogP contribution in [0.15, 0.2) is 115 Å². The number of nitrogens with one attached hydrogen (secondary N) is 2. The van der Waals surface area contributed by atoms with Gasteiger partial charge in [0.2, 0.25) is 17.0 Å². The third-order valence-corrected chi connectivity index (χ3v) is 21.7. The highest BCUT2D eigenvalue weighted by Gasteiger charge is 2.30. The minimum atomic E-state index is -0.0429. The van der Waals surface area contributed by atoms with Gasteiger partial charge in [0.1, 0.15) is 17.2 Å². The lowest BCUT2D eigenvalue weighted by atomic mass is 9.91. The number of methoxy groups -OCH3 is 1. The Kier molecular flexibility index (Phi) is 28.5. The number of nitrogens with zero attached hydrogens (tertiary/aromatic N) is 10. The number of ether oxygens (including phenoxy) is 4. The Balaban J connectivity index is 0.000000156. The fourth-order valence-electron chi connectivity index (χ4n) is 14.9. The maximum atomic E-state index is 11.3. The van der Waals surface area contributed by atoms with E-state index < -0.39 is 0 Å². The monoisotopic (exact) mass is 1480 g/mol. The van der Waals surface area contributed by atoms with Crippen molar-refractivity contribution < 1.29 is 32.5 Å². The summed E-state index contributed by atoms with van der Waals surface area (Å²) in [4.78, 5) is 46.4. The number of aryl methyl sites for hydroxylation is 3. The molecule has 0 amide bonds. The summed E-state index contributed by atoms with van der Waals surface area (Å²) in [6.45, 7) is 14.1. The van der Waals surface area contributed by atoms with Crippen LogP contribution in [0.25, 0.3) is 32.9 Å². The van der Waals surface area contributed by atoms with Gasteiger partial charge >= 0.3 is 0 Å². The molecule has 3 aliphatic carbocycles. The van der Waals surface area contributed by atoms with Crippen LogP contribution in [0.1, 0.15) is 147 Å². The molecule has 0 unspecified atom stereocenters. The SMILES string of the molecule is CN(C)Cc1c(OCC2CC2)ccc2c(CCC3CCN(Cc4ccc(=O)[nH]c4)CC3)noc12.CN(C)Cc1c(OCC2CC2)ccc2c(CCC3CCN(Cc4ccc(=O)[nH]c4)CC3)noc12.COc1ccc(CN2CCC(CCc3noc4c(CN(C)C)c(OCC5CC5)ccc34)CC2)cn1.Cl.Cl. The number of aromatic nitrogens is 6. The summed E-state index contributed by atoms with van der Waals surface area (Å²) in [5, 5.41) is 16.9. The number of piperidine rings is 3. The molecule has 3 aromatic carbocycles. The van der Waals surface area contributed by atoms with E-state index in [0.717, 1.165) is 244 Å². The Morgan fingerprint density at radius 2 is 0.743 bits per heavy atom. The number of halogens is 2. The number of rotatable bonds is 31. The van der Waals surface area contributed by atoms with Gasteiger partial charge in [-0.25, -0.2) is 4.98 Å². The standard InChI is InChI=1S/C28H38N4O3.2C27H36N4O3.2ClH/c1-31(2)18-24-26(34-19-21-4-5-21)10-8-23-25(30-35-28(23)24)9-6-20-12-14-32(15-13-20)17-22-7-11-27(33-3)29-16-22;2*1-30(2)17-23-25(33-18-20-3-4-20)9-7-22-24(29-34-27(22)23)8-5-19-11-13-31(14-12-19)16-21-6-10-26(32)28-15-21;;/h7-8,10-11,16,20-21H,4-6,9,12-15,17-19H2,1-3H3;2*6-7,9-10,15,19-20H,3-5,8,11-14,16-18H2,1-2H3,(H,28,32);2*1H. The molecule has 0 spiro atoms. The maximum Gasteiger partial charge on any atom is 0.247 e. The highest BCUT2D eigenvalue weighted by molar-refractivity contribution is 5.87. The first-order valence-electron chi connectivity index (χ1n) is 38.2. The first kappa shape index (κ1) is 78.7. The van der Waals surface area contributed by atoms with Crippen molar-refractivity contribution in [1.29, 1.82) is 0 Å². The molecule has 2 N–H and O–H groups in total. The average Bonchev–Trinajstić information content (AvgIpc) is 1.71. The third-order valence-electron chi connectivity index (χ3n) is 21.7. The zero-order valence-corrected chi connectivity index (χ0v) is 64.6. The van der Waals surface area contributed by atoms with Crippen LogP contribution >= 0.6 is 24.8 Å². The van der Waals surface area contributed by atoms with Crippen molar-refractivity contribution in [2.24, 2.45) is 35.5 Å². The molecule has 3 saturated carbocycles. The van der Waals surface area contributed by atoms with Crippen LogP contribution in [-0.2, 0) is 58.5 Å². The van der Waals surface area contributed by atoms with Crippen molar-refractivity contribution in [3.05, 3.63) is 163 Å². The van der Waals surface area contributed by atoms with E-state index in [1.165, 1.54) is 93.7 Å². The maximum absolute atomic E-state index is 11.3. The topological polar surface area (TPSA) is 213 Å². The molecular weight excluding hydrogens is 1370 g/mol. The molecule has 9 aromatic rings. The predicted octanol–water partition coefficient (Wildman–Crippen LogP) is 14.2. The largest absolute Gasteiger partial charge is 0.493 e. The van der Waals surface area contributed by atoms with E-state index in [9.17, 15) is 9.59 Å². The molecule has 0 radical (unpaired) electrons. The lowest BCUT2D eigenvalue weighted by molar-refractivity contribution is 0.172. The van der Waals surface area contributed by atoms with Gasteiger partial charge in [-0.1, -0.05) is 33.7 Å². The molecule has 21 nitrogen and oxygen atoms in total. The predicted molar refractivity (Wildman–Crippen MR) is 417 cm³/mol. The number of benzene rings is 3. The summed E-state index contributed by atoms with van der Waals surface area (Å²) in [5.41, 5.74) is 12.7. The fourth-order valence-corrected chi connectivity index (χ4v) is 14.9. The molecule has 568 valence electrons. The van der Waals surface area contributed by atoms with Gasteiger partial charge in [0.15, 0.2) is 16.7 Å². The van der Waals surface area contributed by atoms with Gasteiger partial charge in [0, 0.05) is 92.2 Å². The molecule has 3 saturated heterocycles. The first-order valence-corrected chi connectivity index (χ1v) is 38.2. The highest BCUT2D eigenvalue weighted by atomic mass is 35.5. The second-order valence-corrected chi connectivity index (χ2v) is 31.2. The Morgan fingerprint density at radius 1 is 0.419 bits per heavy atom. The second-order valence-electron chi connectivity index (χ2n) is 31.2. The fraction of sp³-hybridized carbons (Fsp3) is 0.561. The van der Waals surface area contributed by atoms with Crippen molar-refractivity contribution in [3.63, 3.8) is 0 Å². The number of fused-ring (bicyclic) bond motifs is 3. The van der Waals surface area contributed by atoms with Gasteiger partial charge in [-0.3, -0.25) is 24.3 Å². The van der Waals surface area contributed by atoms with E-state index in [2.05, 4.69) is 145 Å². The minimum absolute atomic E-state index is 0. The van der Waals surface area contributed by atoms with Crippen molar-refractivity contribution in [2.45, 2.75) is 155 Å². The van der Waals surface area contributed by atoms with Gasteiger partial charge in [-0.15, -0.1) is 24.8 Å². The zero-order valence-electron chi connectivity index (χ0n) is 62.9. The van der Waals surface area contributed by atoms with Crippen molar-refractivity contribution in [3.8, 4) is 23.1 Å². The van der Waals surface area contributed by atoms with E-state index in [1.54, 1.807) is 19.2 Å². The molecule has 3 aliphatic heterocycles. The number of hydrogen-bond acceptors (Lipinski definition) is 19. The Bertz CT molecular complexity index is 4060. The number of likely N-dealkylation sites (tertiary alicyclic amines) is 3. The molecule has 105 heavy (non-hydrogen) atoms. The normalized spacial score (nSPS) is 17.2. The number of hydrogen-bond donors (Lipinski definition) is 2. The molecule has 6 aliphatic rings. The Hall–Kier alpha value is -7.34. The highest BCUT2D eigenvalue weighted by Crippen LogP contribution is 2.40. The third kappa shape index (κ3) is 22.6. The molecular formula is C82H112Cl2N12O9. The average molecular weight is 1480 g/mol. The lowest BCUT2D eigenvalue weighted by Crippen LogP contribution is -2.33. The van der Waals surface area contributed by atoms with E-state index in [1.807, 2.05) is 36.8 Å². The summed E-state index contributed by atoms with van der Waals surface area (Å²) >= 11 is 0. The summed E-state index contributed by atoms with van der Waals surface area (Å²) < 4.78 is 41.3. The summed E-state index contributed by atoms with van der Waals surface area (Å²) in [7, 11) is 14.1. The summed E-state index contributed by atoms with van der Waals surface area (Å²) in [5.74, 6) is 7.80. The molecule has 15 rings (SSSR count). The van der Waals surface area contributed by atoms with Gasteiger partial charge in [-0.05, 0) is 286 Å². The van der Waals surface area contributed by atoms with Crippen LogP contribution in [0.2, 0.25) is 0 Å². The van der Waals surface area contributed by atoms with Gasteiger partial charge in [-0.2, -0.15) is 0 Å². The molecule has 6 fully saturated rings. The zero-order chi connectivity index (χ0) is 71.2. The molecule has 0 atom stereocenters. The molecule has 0 bridgehead atoms. The quantitative estimate of drug-likeness (QED) is 0.0413. The van der Waals surface area contributed by atoms with Crippen LogP contribution in [0.4, 0.5) is 0 Å². The van der Waals surface area contributed by atoms with Gasteiger partial charge in [0.05, 0.1) is 60.7 Å². The molecule has 6 aromatic heterocycles. The molecule has 23 heteroatoms.